The van der Waals surface area contributed by atoms with Crippen molar-refractivity contribution in [2.75, 3.05) is 11.5 Å². The summed E-state index contributed by atoms with van der Waals surface area (Å²) in [7, 11) is 0. The predicted octanol–water partition coefficient (Wildman–Crippen LogP) is 1.97. The molecule has 0 aliphatic carbocycles. The number of urea groups is 1. The van der Waals surface area contributed by atoms with Crippen LogP contribution in [0.25, 0.3) is 11.5 Å². The van der Waals surface area contributed by atoms with Gasteiger partial charge in [0.2, 0.25) is 0 Å². The fraction of sp³-hybridized carbons (Fsp3) is 0.375. The molecule has 2 aromatic rings. The molecule has 7 nitrogen and oxygen atoms in total. The summed E-state index contributed by atoms with van der Waals surface area (Å²) in [6, 6.07) is 7.32. The molecule has 4 rings (SSSR count). The maximum Gasteiger partial charge on any atom is 0.325 e. The molecule has 24 heavy (non-hydrogen) atoms. The van der Waals surface area contributed by atoms with Gasteiger partial charge in [-0.2, -0.15) is 16.7 Å². The van der Waals surface area contributed by atoms with Crippen molar-refractivity contribution in [1.82, 2.24) is 20.4 Å². The first-order valence-electron chi connectivity index (χ1n) is 7.69. The molecule has 1 aromatic carbocycles. The van der Waals surface area contributed by atoms with Crippen LogP contribution >= 0.6 is 11.8 Å². The number of imide groups is 1. The molecule has 124 valence electrons. The monoisotopic (exact) mass is 344 g/mol. The third-order valence-corrected chi connectivity index (χ3v) is 5.49. The summed E-state index contributed by atoms with van der Waals surface area (Å²) in [5.74, 6) is 2.00. The second-order valence-corrected chi connectivity index (χ2v) is 7.20. The Labute approximate surface area is 142 Å². The van der Waals surface area contributed by atoms with Crippen molar-refractivity contribution in [2.45, 2.75) is 25.4 Å². The minimum Gasteiger partial charge on any atom is -0.334 e. The molecule has 0 radical (unpaired) electrons. The molecule has 3 heterocycles. The molecule has 8 heteroatoms. The van der Waals surface area contributed by atoms with Crippen LogP contribution in [0.1, 0.15) is 17.8 Å². The number of nitrogens with zero attached hydrogens (tertiary/aromatic N) is 3. The maximum atomic E-state index is 12.6. The normalized spacial score (nSPS) is 23.3. The van der Waals surface area contributed by atoms with Crippen molar-refractivity contribution in [3.63, 3.8) is 0 Å². The van der Waals surface area contributed by atoms with E-state index in [-0.39, 0.29) is 18.5 Å². The number of hydrogen-bond acceptors (Lipinski definition) is 6. The summed E-state index contributed by atoms with van der Waals surface area (Å²) in [4.78, 5) is 30.3. The molecule has 1 spiro atoms. The minimum absolute atomic E-state index is 0.0202. The Bertz CT molecular complexity index is 813. The number of nitrogens with one attached hydrogen (secondary N) is 1. The molecule has 2 aliphatic heterocycles. The van der Waals surface area contributed by atoms with Gasteiger partial charge in [-0.1, -0.05) is 22.9 Å². The first kappa shape index (κ1) is 15.2. The molecular weight excluding hydrogens is 328 g/mol. The number of hydrogen-bond donors (Lipinski definition) is 1. The molecule has 1 atom stereocenters. The smallest absolute Gasteiger partial charge is 0.325 e. The highest BCUT2D eigenvalue weighted by Gasteiger charge is 2.53. The highest BCUT2D eigenvalue weighted by Crippen LogP contribution is 2.33. The van der Waals surface area contributed by atoms with E-state index in [9.17, 15) is 9.59 Å². The minimum atomic E-state index is -0.745. The predicted molar refractivity (Wildman–Crippen MR) is 88.2 cm³/mol. The third-order valence-electron chi connectivity index (χ3n) is 4.30. The lowest BCUT2D eigenvalue weighted by molar-refractivity contribution is -0.131. The fourth-order valence-electron chi connectivity index (χ4n) is 3.01. The average molecular weight is 344 g/mol. The zero-order valence-corrected chi connectivity index (χ0v) is 13.9. The first-order chi connectivity index (χ1) is 11.6. The summed E-state index contributed by atoms with van der Waals surface area (Å²) < 4.78 is 5.27. The summed E-state index contributed by atoms with van der Waals surface area (Å²) >= 11 is 1.68. The van der Waals surface area contributed by atoms with Gasteiger partial charge in [-0.25, -0.2) is 4.79 Å². The lowest BCUT2D eigenvalue weighted by atomic mass is 9.99. The molecule has 2 aliphatic rings. The molecule has 2 saturated heterocycles. The Hall–Kier alpha value is -2.35. The van der Waals surface area contributed by atoms with Crippen LogP contribution < -0.4 is 5.32 Å². The SMILES string of the molecule is Cc1cccc(-c2nc(CN3C(=O)N[C@]4(CCSC4)C3=O)no2)c1. The van der Waals surface area contributed by atoms with E-state index in [1.54, 1.807) is 11.8 Å². The number of aryl methyl sites for hydroxylation is 1. The molecule has 0 saturated carbocycles. The van der Waals surface area contributed by atoms with Crippen molar-refractivity contribution in [3.8, 4) is 11.5 Å². The molecule has 3 amide bonds. The summed E-state index contributed by atoms with van der Waals surface area (Å²) in [6.45, 7) is 2.00. The average Bonchev–Trinajstić information content (AvgIpc) is 3.26. The van der Waals surface area contributed by atoms with E-state index in [0.717, 1.165) is 16.9 Å². The van der Waals surface area contributed by atoms with Crippen LogP contribution in [0, 0.1) is 6.92 Å². The van der Waals surface area contributed by atoms with Crippen LogP contribution in [0.2, 0.25) is 0 Å². The van der Waals surface area contributed by atoms with Gasteiger partial charge >= 0.3 is 6.03 Å². The van der Waals surface area contributed by atoms with Crippen LogP contribution in [-0.4, -0.2) is 44.0 Å². The van der Waals surface area contributed by atoms with Crippen molar-refractivity contribution in [2.24, 2.45) is 0 Å². The molecule has 0 unspecified atom stereocenters. The Morgan fingerprint density at radius 3 is 3.04 bits per heavy atom. The Morgan fingerprint density at radius 1 is 1.42 bits per heavy atom. The number of amides is 3. The second-order valence-electron chi connectivity index (χ2n) is 6.09. The number of thioether (sulfide) groups is 1. The van der Waals surface area contributed by atoms with Gasteiger partial charge in [0.25, 0.3) is 11.8 Å². The van der Waals surface area contributed by atoms with E-state index in [0.29, 0.717) is 23.9 Å². The van der Waals surface area contributed by atoms with Crippen molar-refractivity contribution in [3.05, 3.63) is 35.7 Å². The Kier molecular flexibility index (Phi) is 3.56. The molecule has 1 N–H and O–H groups in total. The van der Waals surface area contributed by atoms with E-state index >= 15 is 0 Å². The zero-order valence-electron chi connectivity index (χ0n) is 13.1. The van der Waals surface area contributed by atoms with Gasteiger partial charge in [-0.05, 0) is 31.2 Å². The fourth-order valence-corrected chi connectivity index (χ4v) is 4.33. The number of benzene rings is 1. The van der Waals surface area contributed by atoms with Gasteiger partial charge in [0.05, 0.1) is 6.54 Å². The lowest BCUT2D eigenvalue weighted by Crippen LogP contribution is -2.46. The van der Waals surface area contributed by atoms with E-state index in [1.165, 1.54) is 4.90 Å². The number of rotatable bonds is 3. The van der Waals surface area contributed by atoms with Crippen LogP contribution in [0.4, 0.5) is 4.79 Å². The van der Waals surface area contributed by atoms with Crippen molar-refractivity contribution in [1.29, 1.82) is 0 Å². The summed E-state index contributed by atoms with van der Waals surface area (Å²) in [6.07, 6.45) is 0.666. The van der Waals surface area contributed by atoms with Gasteiger partial charge in [-0.15, -0.1) is 0 Å². The molecule has 0 bridgehead atoms. The molecule has 1 aromatic heterocycles. The highest BCUT2D eigenvalue weighted by molar-refractivity contribution is 7.99. The number of aromatic nitrogens is 2. The van der Waals surface area contributed by atoms with E-state index < -0.39 is 5.54 Å². The third kappa shape index (κ3) is 2.47. The second kappa shape index (κ2) is 5.62. The van der Waals surface area contributed by atoms with Crippen molar-refractivity contribution >= 4 is 23.7 Å². The summed E-state index contributed by atoms with van der Waals surface area (Å²) in [5, 5.41) is 6.73. The lowest BCUT2D eigenvalue weighted by Gasteiger charge is -2.18. The van der Waals surface area contributed by atoms with Gasteiger partial charge in [0.15, 0.2) is 5.82 Å². The quantitative estimate of drug-likeness (QED) is 0.857. The Morgan fingerprint density at radius 2 is 2.29 bits per heavy atom. The zero-order chi connectivity index (χ0) is 16.7. The van der Waals surface area contributed by atoms with Crippen LogP contribution in [0.15, 0.2) is 28.8 Å². The van der Waals surface area contributed by atoms with E-state index in [1.807, 2.05) is 31.2 Å². The first-order valence-corrected chi connectivity index (χ1v) is 8.84. The summed E-state index contributed by atoms with van der Waals surface area (Å²) in [5.41, 5.74) is 1.15. The largest absolute Gasteiger partial charge is 0.334 e. The standard InChI is InChI=1S/C16H16N4O3S/c1-10-3-2-4-11(7-10)13-17-12(19-23-13)8-20-14(21)16(18-15(20)22)5-6-24-9-16/h2-4,7H,5-6,8-9H2,1H3,(H,18,22)/t16-/m0/s1. The molecule has 2 fully saturated rings. The van der Waals surface area contributed by atoms with E-state index in [2.05, 4.69) is 15.5 Å². The Balaban J connectivity index is 1.54. The van der Waals surface area contributed by atoms with Gasteiger partial charge < -0.3 is 9.84 Å². The van der Waals surface area contributed by atoms with Crippen LogP contribution in [0.5, 0.6) is 0 Å². The topological polar surface area (TPSA) is 88.3 Å². The number of carbonyl (C=O) groups excluding carboxylic acids is 2. The molecular formula is C16H16N4O3S. The highest BCUT2D eigenvalue weighted by atomic mass is 32.2. The van der Waals surface area contributed by atoms with Gasteiger partial charge in [0.1, 0.15) is 5.54 Å². The number of carbonyl (C=O) groups is 2. The van der Waals surface area contributed by atoms with Crippen LogP contribution in [0.3, 0.4) is 0 Å². The maximum absolute atomic E-state index is 12.6. The van der Waals surface area contributed by atoms with Gasteiger partial charge in [-0.3, -0.25) is 9.69 Å². The van der Waals surface area contributed by atoms with E-state index in [4.69, 9.17) is 4.52 Å². The van der Waals surface area contributed by atoms with Gasteiger partial charge in [0, 0.05) is 11.3 Å². The van der Waals surface area contributed by atoms with Crippen LogP contribution in [-0.2, 0) is 11.3 Å². The van der Waals surface area contributed by atoms with Crippen molar-refractivity contribution < 1.29 is 14.1 Å².